The Balaban J connectivity index is 2.07. The molecule has 0 aliphatic carbocycles. The van der Waals surface area contributed by atoms with Crippen LogP contribution in [-0.2, 0) is 0 Å². The summed E-state index contributed by atoms with van der Waals surface area (Å²) in [4.78, 5) is 25.0. The molecule has 5 nitrogen and oxygen atoms in total. The third kappa shape index (κ3) is 2.72. The van der Waals surface area contributed by atoms with Gasteiger partial charge in [-0.05, 0) is 31.6 Å². The second-order valence-corrected chi connectivity index (χ2v) is 5.62. The van der Waals surface area contributed by atoms with Crippen molar-refractivity contribution in [2.24, 2.45) is 0 Å². The first-order valence-electron chi connectivity index (χ1n) is 7.52. The molecule has 0 unspecified atom stereocenters. The monoisotopic (exact) mass is 320 g/mol. The van der Waals surface area contributed by atoms with Gasteiger partial charge in [-0.25, -0.2) is 0 Å². The van der Waals surface area contributed by atoms with Gasteiger partial charge in [0, 0.05) is 11.0 Å². The topological polar surface area (TPSA) is 68.0 Å². The van der Waals surface area contributed by atoms with Crippen LogP contribution in [0, 0.1) is 24.0 Å². The number of hydrogen-bond donors (Lipinski definition) is 0. The van der Waals surface area contributed by atoms with Gasteiger partial charge in [0.25, 0.3) is 11.3 Å². The van der Waals surface area contributed by atoms with Crippen molar-refractivity contribution in [1.82, 2.24) is 4.73 Å². The van der Waals surface area contributed by atoms with Crippen LogP contribution >= 0.6 is 0 Å². The molecule has 0 atom stereocenters. The minimum Gasteiger partial charge on any atom is -0.805 e. The number of ketones is 1. The van der Waals surface area contributed by atoms with E-state index in [-0.39, 0.29) is 22.4 Å². The lowest BCUT2D eigenvalue weighted by Crippen LogP contribution is -2.29. The van der Waals surface area contributed by atoms with Gasteiger partial charge in [-0.2, -0.15) is 0 Å². The molecular formula is C19H16N2O3. The minimum atomic E-state index is -0.501. The number of para-hydroxylation sites is 2. The molecule has 3 rings (SSSR count). The number of carbonyl (C=O) groups excluding carboxylic acids is 1. The maximum atomic E-state index is 12.5. The molecule has 0 radical (unpaired) electrons. The van der Waals surface area contributed by atoms with Gasteiger partial charge in [-0.3, -0.25) is 4.79 Å². The fourth-order valence-electron chi connectivity index (χ4n) is 2.56. The largest absolute Gasteiger partial charge is 0.805 e. The second-order valence-electron chi connectivity index (χ2n) is 5.62. The normalized spacial score (nSPS) is 11.2. The van der Waals surface area contributed by atoms with Gasteiger partial charge in [0.15, 0.2) is 0 Å². The van der Waals surface area contributed by atoms with Crippen molar-refractivity contribution in [2.45, 2.75) is 13.8 Å². The lowest BCUT2D eigenvalue weighted by molar-refractivity contribution is -0.468. The highest BCUT2D eigenvalue weighted by Gasteiger charge is 2.24. The molecule has 0 saturated heterocycles. The predicted octanol–water partition coefficient (Wildman–Crippen LogP) is 3.41. The molecule has 1 aromatic heterocycles. The zero-order valence-corrected chi connectivity index (χ0v) is 13.4. The molecule has 0 amide bonds. The Kier molecular flexibility index (Phi) is 4.00. The van der Waals surface area contributed by atoms with E-state index in [1.54, 1.807) is 24.3 Å². The van der Waals surface area contributed by atoms with Crippen LogP contribution in [0.15, 0.2) is 54.6 Å². The fraction of sp³-hybridized carbons (Fsp3) is 0.105. The van der Waals surface area contributed by atoms with Gasteiger partial charge in [-0.1, -0.05) is 48.0 Å². The maximum Gasteiger partial charge on any atom is 0.329 e. The Bertz CT molecular complexity index is 1020. The summed E-state index contributed by atoms with van der Waals surface area (Å²) in [5.74, 6) is -0.501. The number of nitrogens with zero attached hydrogens (tertiary/aromatic N) is 2. The van der Waals surface area contributed by atoms with Crippen molar-refractivity contribution in [3.8, 4) is 0 Å². The van der Waals surface area contributed by atoms with Gasteiger partial charge in [0.2, 0.25) is 0 Å². The molecule has 0 bridgehead atoms. The summed E-state index contributed by atoms with van der Waals surface area (Å²) in [6, 6.07) is 14.0. The minimum absolute atomic E-state index is 0.0854. The van der Waals surface area contributed by atoms with E-state index < -0.39 is 5.78 Å². The summed E-state index contributed by atoms with van der Waals surface area (Å²) in [6.07, 6.45) is 2.95. The van der Waals surface area contributed by atoms with Gasteiger partial charge in [0.1, 0.15) is 5.52 Å². The first-order chi connectivity index (χ1) is 11.5. The van der Waals surface area contributed by atoms with Crippen molar-refractivity contribution in [3.63, 3.8) is 0 Å². The second kappa shape index (κ2) is 6.12. The molecule has 0 aliphatic rings. The van der Waals surface area contributed by atoms with Gasteiger partial charge >= 0.3 is 5.69 Å². The lowest BCUT2D eigenvalue weighted by Gasteiger charge is -2.15. The standard InChI is InChI=1S/C19H16N2O3/c1-13-7-9-15(10-8-13)11-12-18(22)19-14(2)20(23)16-5-3-4-6-17(16)21(19)24/h3-12H,1-2H3/b12-11+. The highest BCUT2D eigenvalue weighted by molar-refractivity contribution is 6.05. The molecule has 1 heterocycles. The zero-order chi connectivity index (χ0) is 17.3. The number of allylic oxidation sites excluding steroid dienone is 1. The molecule has 0 fully saturated rings. The quantitative estimate of drug-likeness (QED) is 0.422. The number of fused-ring (bicyclic) bond motifs is 1. The first kappa shape index (κ1) is 15.7. The van der Waals surface area contributed by atoms with Crippen LogP contribution in [-0.4, -0.2) is 10.5 Å². The molecule has 24 heavy (non-hydrogen) atoms. The van der Waals surface area contributed by atoms with Crippen molar-refractivity contribution >= 4 is 22.9 Å². The molecule has 0 aliphatic heterocycles. The highest BCUT2D eigenvalue weighted by atomic mass is 16.5. The summed E-state index contributed by atoms with van der Waals surface area (Å²) in [5, 5.41) is 12.3. The molecule has 2 aromatic carbocycles. The van der Waals surface area contributed by atoms with E-state index in [1.807, 2.05) is 31.2 Å². The summed E-state index contributed by atoms with van der Waals surface area (Å²) in [7, 11) is 0. The van der Waals surface area contributed by atoms with Crippen molar-refractivity contribution in [2.75, 3.05) is 0 Å². The lowest BCUT2D eigenvalue weighted by atomic mass is 10.1. The van der Waals surface area contributed by atoms with Crippen LogP contribution in [0.25, 0.3) is 17.1 Å². The third-order valence-electron chi connectivity index (χ3n) is 3.91. The van der Waals surface area contributed by atoms with Crippen LogP contribution < -0.4 is 4.43 Å². The molecule has 3 aromatic rings. The van der Waals surface area contributed by atoms with E-state index >= 15 is 0 Å². The third-order valence-corrected chi connectivity index (χ3v) is 3.91. The average Bonchev–Trinajstić information content (AvgIpc) is 2.59. The van der Waals surface area contributed by atoms with Gasteiger partial charge in [-0.15, -0.1) is 0 Å². The number of carbonyl (C=O) groups is 1. The van der Waals surface area contributed by atoms with E-state index in [9.17, 15) is 14.9 Å². The van der Waals surface area contributed by atoms with E-state index in [0.717, 1.165) is 11.1 Å². The smallest absolute Gasteiger partial charge is 0.329 e. The maximum absolute atomic E-state index is 12.5. The zero-order valence-electron chi connectivity index (χ0n) is 13.4. The summed E-state index contributed by atoms with van der Waals surface area (Å²) in [5.41, 5.74) is 2.30. The fourth-order valence-corrected chi connectivity index (χ4v) is 2.56. The van der Waals surface area contributed by atoms with E-state index in [1.165, 1.54) is 19.1 Å². The van der Waals surface area contributed by atoms with E-state index in [0.29, 0.717) is 9.16 Å². The van der Waals surface area contributed by atoms with Gasteiger partial charge in [0.05, 0.1) is 10.1 Å². The van der Waals surface area contributed by atoms with Crippen molar-refractivity contribution < 1.29 is 9.22 Å². The number of aromatic nitrogens is 2. The molecule has 0 N–H and O–H groups in total. The summed E-state index contributed by atoms with van der Waals surface area (Å²) in [6.45, 7) is 3.45. The Morgan fingerprint density at radius 3 is 2.46 bits per heavy atom. The predicted molar refractivity (Wildman–Crippen MR) is 93.4 cm³/mol. The molecule has 120 valence electrons. The highest BCUT2D eigenvalue weighted by Crippen LogP contribution is 2.14. The number of benzene rings is 2. The van der Waals surface area contributed by atoms with Crippen LogP contribution in [0.4, 0.5) is 0 Å². The SMILES string of the molecule is Cc1ccc(/C=C/C(=O)c2c(C)n([O-])c3ccccc3[n+]2=O)cc1. The van der Waals surface area contributed by atoms with Gasteiger partial charge < -0.3 is 9.94 Å². The summed E-state index contributed by atoms with van der Waals surface area (Å²) >= 11 is 0. The first-order valence-corrected chi connectivity index (χ1v) is 7.52. The Morgan fingerprint density at radius 2 is 1.75 bits per heavy atom. The van der Waals surface area contributed by atoms with E-state index in [4.69, 9.17) is 0 Å². The average molecular weight is 320 g/mol. The Hall–Kier alpha value is -3.21. The number of hydrogen-bond acceptors (Lipinski definition) is 3. The van der Waals surface area contributed by atoms with E-state index in [2.05, 4.69) is 0 Å². The summed E-state index contributed by atoms with van der Waals surface area (Å²) < 4.78 is 1.15. The van der Waals surface area contributed by atoms with Crippen LogP contribution in [0.3, 0.4) is 0 Å². The molecular weight excluding hydrogens is 304 g/mol. The van der Waals surface area contributed by atoms with Crippen molar-refractivity contribution in [1.29, 1.82) is 0 Å². The van der Waals surface area contributed by atoms with Crippen LogP contribution in [0.2, 0.25) is 0 Å². The van der Waals surface area contributed by atoms with Crippen molar-refractivity contribution in [3.05, 3.63) is 87.2 Å². The molecule has 0 saturated carbocycles. The molecule has 0 spiro atoms. The number of aryl methyl sites for hydroxylation is 1. The van der Waals surface area contributed by atoms with Crippen LogP contribution in [0.1, 0.15) is 27.3 Å². The number of rotatable bonds is 3. The Labute approximate surface area is 138 Å². The Morgan fingerprint density at radius 1 is 1.08 bits per heavy atom. The molecule has 5 heteroatoms. The van der Waals surface area contributed by atoms with Crippen LogP contribution in [0.5, 0.6) is 0 Å².